The summed E-state index contributed by atoms with van der Waals surface area (Å²) in [5.41, 5.74) is 3.74. The zero-order valence-corrected chi connectivity index (χ0v) is 22.7. The molecule has 11 heteroatoms. The van der Waals surface area contributed by atoms with E-state index in [0.29, 0.717) is 17.2 Å². The van der Waals surface area contributed by atoms with Crippen molar-refractivity contribution in [3.05, 3.63) is 60.3 Å². The van der Waals surface area contributed by atoms with Gasteiger partial charge in [0.2, 0.25) is 0 Å². The Balaban J connectivity index is 1.25. The second kappa shape index (κ2) is 11.2. The van der Waals surface area contributed by atoms with E-state index in [4.69, 9.17) is 14.7 Å². The molecule has 0 aliphatic carbocycles. The van der Waals surface area contributed by atoms with Crippen LogP contribution >= 0.6 is 0 Å². The SMILES string of the molecule is CN(C)CCn1ncc2c(N3CC4CCC(C3)O4)nc(-c3ccc(NC(=O)Nc4ccc(CO)cc4)cc3)nc21. The second-order valence-electron chi connectivity index (χ2n) is 10.7. The van der Waals surface area contributed by atoms with Crippen LogP contribution in [0.5, 0.6) is 0 Å². The molecule has 40 heavy (non-hydrogen) atoms. The van der Waals surface area contributed by atoms with Gasteiger partial charge >= 0.3 is 6.03 Å². The molecule has 0 spiro atoms. The number of aromatic nitrogens is 4. The van der Waals surface area contributed by atoms with Crippen molar-refractivity contribution < 1.29 is 14.6 Å². The van der Waals surface area contributed by atoms with Gasteiger partial charge in [0.15, 0.2) is 11.5 Å². The van der Waals surface area contributed by atoms with Gasteiger partial charge in [-0.25, -0.2) is 19.4 Å². The molecule has 2 aromatic carbocycles. The number of nitrogens with one attached hydrogen (secondary N) is 2. The lowest BCUT2D eigenvalue weighted by atomic mass is 10.2. The number of urea groups is 1. The number of aliphatic hydroxyl groups excluding tert-OH is 1. The van der Waals surface area contributed by atoms with Gasteiger partial charge in [0, 0.05) is 36.6 Å². The van der Waals surface area contributed by atoms with Crippen LogP contribution in [0.4, 0.5) is 22.0 Å². The van der Waals surface area contributed by atoms with Crippen LogP contribution in [0.3, 0.4) is 0 Å². The molecule has 0 saturated carbocycles. The summed E-state index contributed by atoms with van der Waals surface area (Å²) >= 11 is 0. The van der Waals surface area contributed by atoms with E-state index in [1.165, 1.54) is 0 Å². The Kier molecular flexibility index (Phi) is 7.33. The first-order chi connectivity index (χ1) is 19.4. The smallest absolute Gasteiger partial charge is 0.323 e. The molecule has 2 aliphatic rings. The third kappa shape index (κ3) is 5.62. The molecule has 2 atom stereocenters. The highest BCUT2D eigenvalue weighted by Crippen LogP contribution is 2.33. The molecule has 3 N–H and O–H groups in total. The van der Waals surface area contributed by atoms with Crippen LogP contribution in [0.1, 0.15) is 18.4 Å². The Morgan fingerprint density at radius 3 is 2.27 bits per heavy atom. The summed E-state index contributed by atoms with van der Waals surface area (Å²) in [5, 5.41) is 20.5. The minimum absolute atomic E-state index is 0.0388. The summed E-state index contributed by atoms with van der Waals surface area (Å²) in [5.74, 6) is 1.51. The van der Waals surface area contributed by atoms with E-state index in [2.05, 4.69) is 25.5 Å². The number of likely N-dealkylation sites (N-methyl/N-ethyl adjacent to an activating group) is 1. The molecule has 2 amide bonds. The summed E-state index contributed by atoms with van der Waals surface area (Å²) < 4.78 is 8.03. The fourth-order valence-corrected chi connectivity index (χ4v) is 5.25. The van der Waals surface area contributed by atoms with E-state index in [1.54, 1.807) is 24.3 Å². The number of morpholine rings is 1. The zero-order valence-electron chi connectivity index (χ0n) is 22.7. The van der Waals surface area contributed by atoms with Gasteiger partial charge < -0.3 is 30.3 Å². The molecule has 0 radical (unpaired) electrons. The first kappa shape index (κ1) is 26.2. The molecular formula is C29H34N8O3. The third-order valence-electron chi connectivity index (χ3n) is 7.37. The molecule has 2 saturated heterocycles. The number of fused-ring (bicyclic) bond motifs is 3. The molecule has 2 aromatic heterocycles. The average Bonchev–Trinajstić information content (AvgIpc) is 3.53. The van der Waals surface area contributed by atoms with Gasteiger partial charge in [0.25, 0.3) is 0 Å². The van der Waals surface area contributed by atoms with Crippen LogP contribution < -0.4 is 15.5 Å². The first-order valence-corrected chi connectivity index (χ1v) is 13.6. The van der Waals surface area contributed by atoms with Crippen LogP contribution in [-0.2, 0) is 17.9 Å². The van der Waals surface area contributed by atoms with Crippen molar-refractivity contribution in [1.29, 1.82) is 0 Å². The number of ether oxygens (including phenoxy) is 1. The maximum atomic E-state index is 12.5. The van der Waals surface area contributed by atoms with E-state index >= 15 is 0 Å². The number of nitrogens with zero attached hydrogens (tertiary/aromatic N) is 6. The van der Waals surface area contributed by atoms with Crippen LogP contribution in [0.15, 0.2) is 54.7 Å². The predicted molar refractivity (Wildman–Crippen MR) is 154 cm³/mol. The van der Waals surface area contributed by atoms with Gasteiger partial charge in [-0.05, 0) is 68.9 Å². The highest BCUT2D eigenvalue weighted by Gasteiger charge is 2.35. The summed E-state index contributed by atoms with van der Waals surface area (Å²) in [6.45, 7) is 3.16. The van der Waals surface area contributed by atoms with Crippen molar-refractivity contribution in [2.45, 2.75) is 38.2 Å². The van der Waals surface area contributed by atoms with Crippen molar-refractivity contribution in [1.82, 2.24) is 24.6 Å². The maximum Gasteiger partial charge on any atom is 0.323 e. The number of anilines is 3. The Morgan fingerprint density at radius 1 is 1.00 bits per heavy atom. The highest BCUT2D eigenvalue weighted by molar-refractivity contribution is 5.99. The van der Waals surface area contributed by atoms with E-state index in [1.807, 2.05) is 49.2 Å². The molecule has 6 rings (SSSR count). The standard InChI is InChI=1S/C29H34N8O3/c1-35(2)13-14-37-28-25(15-30-37)27(36-16-23-11-12-24(17-36)40-23)33-26(34-28)20-5-9-22(10-6-20)32-29(39)31-21-7-3-19(18-38)4-8-21/h3-10,15,23-24,38H,11-14,16-18H2,1-2H3,(H2,31,32,39). The molecule has 208 valence electrons. The van der Waals surface area contributed by atoms with Crippen molar-refractivity contribution in [3.63, 3.8) is 0 Å². The molecule has 11 nitrogen and oxygen atoms in total. The lowest BCUT2D eigenvalue weighted by Gasteiger charge is -2.33. The van der Waals surface area contributed by atoms with Crippen LogP contribution in [0.2, 0.25) is 0 Å². The summed E-state index contributed by atoms with van der Waals surface area (Å²) in [6.07, 6.45) is 4.52. The van der Waals surface area contributed by atoms with Crippen molar-refractivity contribution >= 4 is 34.3 Å². The molecule has 2 unspecified atom stereocenters. The number of carbonyl (C=O) groups is 1. The Morgan fingerprint density at radius 2 is 1.65 bits per heavy atom. The van der Waals surface area contributed by atoms with E-state index < -0.39 is 0 Å². The molecule has 2 fully saturated rings. The maximum absolute atomic E-state index is 12.5. The fourth-order valence-electron chi connectivity index (χ4n) is 5.25. The Hall–Kier alpha value is -4.06. The number of hydrogen-bond donors (Lipinski definition) is 3. The minimum atomic E-state index is -0.351. The fraction of sp³-hybridized carbons (Fsp3) is 0.379. The Bertz CT molecular complexity index is 1470. The number of hydrogen-bond acceptors (Lipinski definition) is 8. The van der Waals surface area contributed by atoms with Crippen molar-refractivity contribution in [2.75, 3.05) is 49.3 Å². The van der Waals surface area contributed by atoms with Crippen molar-refractivity contribution in [2.24, 2.45) is 0 Å². The topological polar surface area (TPSA) is 121 Å². The quantitative estimate of drug-likeness (QED) is 0.309. The normalized spacial score (nSPS) is 18.4. The third-order valence-corrected chi connectivity index (χ3v) is 7.37. The Labute approximate surface area is 232 Å². The predicted octanol–water partition coefficient (Wildman–Crippen LogP) is 3.56. The zero-order chi connectivity index (χ0) is 27.6. The van der Waals surface area contributed by atoms with Crippen LogP contribution in [0.25, 0.3) is 22.4 Å². The van der Waals surface area contributed by atoms with Gasteiger partial charge in [0.1, 0.15) is 5.82 Å². The number of amides is 2. The number of carbonyl (C=O) groups excluding carboxylic acids is 1. The van der Waals surface area contributed by atoms with Crippen LogP contribution in [0, 0.1) is 0 Å². The molecular weight excluding hydrogens is 508 g/mol. The minimum Gasteiger partial charge on any atom is -0.392 e. The number of benzene rings is 2. The monoisotopic (exact) mass is 542 g/mol. The number of rotatable bonds is 8. The van der Waals surface area contributed by atoms with Gasteiger partial charge in [-0.2, -0.15) is 5.10 Å². The van der Waals surface area contributed by atoms with Crippen molar-refractivity contribution in [3.8, 4) is 11.4 Å². The van der Waals surface area contributed by atoms with E-state index in [9.17, 15) is 9.90 Å². The summed E-state index contributed by atoms with van der Waals surface area (Å²) in [4.78, 5) is 26.9. The summed E-state index contributed by atoms with van der Waals surface area (Å²) in [7, 11) is 4.09. The number of aliphatic hydroxyl groups is 1. The van der Waals surface area contributed by atoms with E-state index in [0.717, 1.165) is 67.0 Å². The van der Waals surface area contributed by atoms with Gasteiger partial charge in [-0.3, -0.25) is 0 Å². The summed E-state index contributed by atoms with van der Waals surface area (Å²) in [6, 6.07) is 14.2. The molecule has 2 bridgehead atoms. The van der Waals surface area contributed by atoms with Gasteiger partial charge in [0.05, 0.1) is 36.9 Å². The average molecular weight is 543 g/mol. The molecule has 4 aromatic rings. The second-order valence-corrected chi connectivity index (χ2v) is 10.7. The molecule has 4 heterocycles. The molecule has 2 aliphatic heterocycles. The van der Waals surface area contributed by atoms with Gasteiger partial charge in [-0.15, -0.1) is 0 Å². The lowest BCUT2D eigenvalue weighted by molar-refractivity contribution is 0.0303. The lowest BCUT2D eigenvalue weighted by Crippen LogP contribution is -2.43. The largest absolute Gasteiger partial charge is 0.392 e. The van der Waals surface area contributed by atoms with E-state index in [-0.39, 0.29) is 24.8 Å². The highest BCUT2D eigenvalue weighted by atomic mass is 16.5. The first-order valence-electron chi connectivity index (χ1n) is 13.6. The van der Waals surface area contributed by atoms with Crippen LogP contribution in [-0.4, -0.2) is 81.7 Å². The van der Waals surface area contributed by atoms with Gasteiger partial charge in [-0.1, -0.05) is 12.1 Å².